The zero-order valence-corrected chi connectivity index (χ0v) is 14.6. The summed E-state index contributed by atoms with van der Waals surface area (Å²) in [5, 5.41) is 9.30. The number of Topliss-reactive ketones (excluding diaryl/α,β-unsaturated/α-hetero) is 2. The van der Waals surface area contributed by atoms with Crippen LogP contribution in [0.2, 0.25) is 0 Å². The molecule has 0 radical (unpaired) electrons. The van der Waals surface area contributed by atoms with E-state index in [1.165, 1.54) is 48.7 Å². The van der Waals surface area contributed by atoms with Gasteiger partial charge in [-0.25, -0.2) is 0 Å². The minimum absolute atomic E-state index is 0.00823. The van der Waals surface area contributed by atoms with E-state index in [9.17, 15) is 27.7 Å². The van der Waals surface area contributed by atoms with Crippen LogP contribution in [-0.4, -0.2) is 36.3 Å². The highest BCUT2D eigenvalue weighted by Crippen LogP contribution is 2.29. The smallest absolute Gasteiger partial charge is 0.295 e. The quantitative estimate of drug-likeness (QED) is 0.454. The van der Waals surface area contributed by atoms with Gasteiger partial charge in [0.1, 0.15) is 11.5 Å². The van der Waals surface area contributed by atoms with Gasteiger partial charge in [0, 0.05) is 25.5 Å². The average Bonchev–Trinajstić information content (AvgIpc) is 2.53. The summed E-state index contributed by atoms with van der Waals surface area (Å²) in [6, 6.07) is 8.63. The van der Waals surface area contributed by atoms with Crippen LogP contribution < -0.4 is 4.57 Å². The molecule has 2 rings (SSSR count). The van der Waals surface area contributed by atoms with Crippen LogP contribution in [0, 0.1) is 0 Å². The van der Waals surface area contributed by atoms with Gasteiger partial charge < -0.3 is 5.11 Å². The van der Waals surface area contributed by atoms with Crippen molar-refractivity contribution in [2.75, 3.05) is 6.61 Å². The number of benzene rings is 1. The number of nitrogens with zero attached hydrogens (tertiary/aromatic N) is 1. The largest absolute Gasteiger partial charge is 0.390 e. The van der Waals surface area contributed by atoms with Crippen LogP contribution in [0.4, 0.5) is 0 Å². The van der Waals surface area contributed by atoms with E-state index in [2.05, 4.69) is 0 Å². The van der Waals surface area contributed by atoms with Crippen molar-refractivity contribution in [1.29, 1.82) is 0 Å². The van der Waals surface area contributed by atoms with Crippen LogP contribution in [0.3, 0.4) is 0 Å². The van der Waals surface area contributed by atoms with Gasteiger partial charge in [-0.2, -0.15) is 13.0 Å². The van der Waals surface area contributed by atoms with E-state index in [0.29, 0.717) is 0 Å². The lowest BCUT2D eigenvalue weighted by atomic mass is 10.00. The number of aliphatic hydroxyl groups is 1. The first-order chi connectivity index (χ1) is 11.7. The van der Waals surface area contributed by atoms with Crippen molar-refractivity contribution in [3.8, 4) is 11.1 Å². The number of carbonyl (C=O) groups excluding carboxylic acids is 2. The van der Waals surface area contributed by atoms with E-state index in [0.717, 1.165) is 0 Å². The number of carbonyl (C=O) groups is 2. The summed E-state index contributed by atoms with van der Waals surface area (Å²) in [7, 11) is -4.51. The average molecular weight is 364 g/mol. The van der Waals surface area contributed by atoms with Crippen molar-refractivity contribution in [1.82, 2.24) is 0 Å². The normalized spacial score (nSPS) is 11.4. The van der Waals surface area contributed by atoms with Gasteiger partial charge in [-0.3, -0.25) is 14.1 Å². The number of ketones is 2. The minimum Gasteiger partial charge on any atom is -0.390 e. The Labute approximate surface area is 145 Å². The predicted octanol–water partition coefficient (Wildman–Crippen LogP) is 1.29. The molecule has 1 aromatic carbocycles. The Morgan fingerprint density at radius 2 is 1.64 bits per heavy atom. The number of hydrogen-bond acceptors (Lipinski definition) is 5. The highest BCUT2D eigenvalue weighted by atomic mass is 32.2. The molecular weight excluding hydrogens is 346 g/mol. The van der Waals surface area contributed by atoms with E-state index in [-0.39, 0.29) is 46.3 Å². The van der Waals surface area contributed by atoms with Crippen molar-refractivity contribution >= 4 is 21.7 Å². The van der Waals surface area contributed by atoms with E-state index in [4.69, 9.17) is 0 Å². The maximum atomic E-state index is 12.2. The van der Waals surface area contributed by atoms with Gasteiger partial charge in [0.2, 0.25) is 17.3 Å². The lowest BCUT2D eigenvalue weighted by Gasteiger charge is -2.12. The highest BCUT2D eigenvalue weighted by molar-refractivity contribution is 7.86. The Kier molecular flexibility index (Phi) is 5.46. The fraction of sp³-hybridized carbons (Fsp3) is 0.235. The van der Waals surface area contributed by atoms with Gasteiger partial charge in [-0.05, 0) is 12.1 Å². The van der Waals surface area contributed by atoms with Crippen molar-refractivity contribution < 1.29 is 32.2 Å². The van der Waals surface area contributed by atoms with Gasteiger partial charge in [-0.15, -0.1) is 0 Å². The summed E-state index contributed by atoms with van der Waals surface area (Å²) in [6.07, 6.45) is 0. The summed E-state index contributed by atoms with van der Waals surface area (Å²) in [6.45, 7) is 2.30. The van der Waals surface area contributed by atoms with E-state index < -0.39 is 15.9 Å². The summed E-state index contributed by atoms with van der Waals surface area (Å²) >= 11 is 0. The topological polar surface area (TPSA) is 113 Å². The number of rotatable bonds is 6. The Morgan fingerprint density at radius 3 is 2.16 bits per heavy atom. The molecule has 0 fully saturated rings. The number of aromatic nitrogens is 1. The summed E-state index contributed by atoms with van der Waals surface area (Å²) in [5.41, 5.74) is 0.682. The van der Waals surface area contributed by atoms with Crippen molar-refractivity contribution in [2.24, 2.45) is 0 Å². The minimum atomic E-state index is -4.51. The summed E-state index contributed by atoms with van der Waals surface area (Å²) in [4.78, 5) is 23.7. The fourth-order valence-electron chi connectivity index (χ4n) is 2.75. The predicted molar refractivity (Wildman–Crippen MR) is 89.0 cm³/mol. The molecule has 2 aromatic rings. The van der Waals surface area contributed by atoms with Crippen LogP contribution in [0.1, 0.15) is 34.8 Å². The molecule has 0 aliphatic rings. The third-order valence-corrected chi connectivity index (χ3v) is 4.61. The molecule has 0 amide bonds. The fourth-order valence-corrected chi connectivity index (χ4v) is 3.45. The first-order valence-electron chi connectivity index (χ1n) is 7.45. The SMILES string of the molecule is CC(=O)c1ccc(-c2ccccc2S(=O)(=O)O)c(C(C)=O)[n+]1CCO. The van der Waals surface area contributed by atoms with Crippen LogP contribution in [0.25, 0.3) is 11.1 Å². The molecule has 0 saturated heterocycles. The van der Waals surface area contributed by atoms with Gasteiger partial charge in [0.25, 0.3) is 15.8 Å². The standard InChI is InChI=1S/C17H17NO6S/c1-11(20)15-8-7-14(17(12(2)21)18(15)9-10-19)13-5-3-4-6-16(13)25(22,23)24/h3-8,19H,9-10H2,1-2H3/p+1. The van der Waals surface area contributed by atoms with Crippen LogP contribution in [0.5, 0.6) is 0 Å². The maximum Gasteiger partial charge on any atom is 0.295 e. The summed E-state index contributed by atoms with van der Waals surface area (Å²) < 4.78 is 34.2. The first-order valence-corrected chi connectivity index (χ1v) is 8.89. The van der Waals surface area contributed by atoms with Crippen molar-refractivity contribution in [3.05, 3.63) is 47.8 Å². The van der Waals surface area contributed by atoms with E-state index in [1.54, 1.807) is 6.07 Å². The number of aliphatic hydroxyl groups excluding tert-OH is 1. The third-order valence-electron chi connectivity index (χ3n) is 3.70. The second-order valence-electron chi connectivity index (χ2n) is 5.44. The third kappa shape index (κ3) is 3.81. The molecule has 8 heteroatoms. The van der Waals surface area contributed by atoms with Gasteiger partial charge in [0.15, 0.2) is 6.54 Å². The molecule has 7 nitrogen and oxygen atoms in total. The molecule has 0 bridgehead atoms. The first kappa shape index (κ1) is 18.9. The second kappa shape index (κ2) is 7.22. The molecule has 0 unspecified atom stereocenters. The molecule has 132 valence electrons. The Bertz CT molecular complexity index is 950. The van der Waals surface area contributed by atoms with E-state index in [1.807, 2.05) is 0 Å². The van der Waals surface area contributed by atoms with Crippen LogP contribution >= 0.6 is 0 Å². The van der Waals surface area contributed by atoms with Crippen molar-refractivity contribution in [2.45, 2.75) is 25.3 Å². The van der Waals surface area contributed by atoms with Gasteiger partial charge in [0.05, 0.1) is 5.56 Å². The zero-order chi connectivity index (χ0) is 18.8. The van der Waals surface area contributed by atoms with Gasteiger partial charge in [-0.1, -0.05) is 18.2 Å². The molecule has 0 aliphatic heterocycles. The number of hydrogen-bond donors (Lipinski definition) is 2. The molecule has 0 atom stereocenters. The molecular formula is C17H18NO6S+. The zero-order valence-electron chi connectivity index (χ0n) is 13.8. The highest BCUT2D eigenvalue weighted by Gasteiger charge is 2.29. The monoisotopic (exact) mass is 364 g/mol. The number of pyridine rings is 1. The molecule has 1 aromatic heterocycles. The molecule has 1 heterocycles. The molecule has 25 heavy (non-hydrogen) atoms. The van der Waals surface area contributed by atoms with Crippen LogP contribution in [-0.2, 0) is 16.7 Å². The molecule has 0 spiro atoms. The maximum absolute atomic E-state index is 12.2. The van der Waals surface area contributed by atoms with Gasteiger partial charge >= 0.3 is 0 Å². The van der Waals surface area contributed by atoms with E-state index >= 15 is 0 Å². The second-order valence-corrected chi connectivity index (χ2v) is 6.83. The lowest BCUT2D eigenvalue weighted by molar-refractivity contribution is -0.701. The molecule has 0 saturated carbocycles. The summed E-state index contributed by atoms with van der Waals surface area (Å²) in [5.74, 6) is -0.706. The Hall–Kier alpha value is -2.42. The Balaban J connectivity index is 2.92. The molecule has 0 aliphatic carbocycles. The molecule has 2 N–H and O–H groups in total. The van der Waals surface area contributed by atoms with Crippen LogP contribution in [0.15, 0.2) is 41.3 Å². The Morgan fingerprint density at radius 1 is 1.00 bits per heavy atom. The van der Waals surface area contributed by atoms with Crippen molar-refractivity contribution in [3.63, 3.8) is 0 Å². The lowest BCUT2D eigenvalue weighted by Crippen LogP contribution is -2.47.